The van der Waals surface area contributed by atoms with Crippen LogP contribution in [0, 0.1) is 5.92 Å². The highest BCUT2D eigenvalue weighted by atomic mass is 35.5. The number of halogens is 1. The van der Waals surface area contributed by atoms with Gasteiger partial charge in [-0.3, -0.25) is 4.79 Å². The van der Waals surface area contributed by atoms with Crippen LogP contribution in [0.25, 0.3) is 0 Å². The number of hydrogen-bond acceptors (Lipinski definition) is 3. The van der Waals surface area contributed by atoms with Crippen molar-refractivity contribution in [1.29, 1.82) is 0 Å². The highest BCUT2D eigenvalue weighted by Gasteiger charge is 2.25. The fourth-order valence-electron chi connectivity index (χ4n) is 2.95. The lowest BCUT2D eigenvalue weighted by molar-refractivity contribution is -0.122. The van der Waals surface area contributed by atoms with Crippen LogP contribution < -0.4 is 16.0 Å². The first-order chi connectivity index (χ1) is 10.1. The van der Waals surface area contributed by atoms with Gasteiger partial charge in [0.15, 0.2) is 0 Å². The lowest BCUT2D eigenvalue weighted by Crippen LogP contribution is -2.39. The van der Waals surface area contributed by atoms with E-state index in [2.05, 4.69) is 16.3 Å². The number of anilines is 1. The van der Waals surface area contributed by atoms with Gasteiger partial charge in [0.1, 0.15) is 0 Å². The van der Waals surface area contributed by atoms with Crippen LogP contribution in [-0.2, 0) is 11.3 Å². The Bertz CT molecular complexity index is 522. The third-order valence-electron chi connectivity index (χ3n) is 4.44. The Morgan fingerprint density at radius 1 is 1.29 bits per heavy atom. The average Bonchev–Trinajstić information content (AvgIpc) is 3.29. The molecule has 1 aromatic carbocycles. The summed E-state index contributed by atoms with van der Waals surface area (Å²) in [6.07, 6.45) is 4.24. The molecule has 0 bridgehead atoms. The van der Waals surface area contributed by atoms with Gasteiger partial charge in [0.05, 0.1) is 0 Å². The minimum atomic E-state index is -0.165. The smallest absolute Gasteiger partial charge is 0.220 e. The van der Waals surface area contributed by atoms with E-state index < -0.39 is 0 Å². The topological polar surface area (TPSA) is 58.4 Å². The van der Waals surface area contributed by atoms with E-state index in [0.29, 0.717) is 6.04 Å². The summed E-state index contributed by atoms with van der Waals surface area (Å²) in [6.45, 7) is 2.62. The summed E-state index contributed by atoms with van der Waals surface area (Å²) in [5, 5.41) is 4.32. The molecule has 1 aromatic rings. The summed E-state index contributed by atoms with van der Waals surface area (Å²) >= 11 is 6.14. The van der Waals surface area contributed by atoms with Crippen LogP contribution in [0.3, 0.4) is 0 Å². The molecule has 1 amide bonds. The highest BCUT2D eigenvalue weighted by molar-refractivity contribution is 6.30. The fourth-order valence-corrected chi connectivity index (χ4v) is 3.15. The number of hydrogen-bond donors (Lipinski definition) is 2. The second kappa shape index (κ2) is 6.24. The number of nitrogens with two attached hydrogens (primary N) is 1. The van der Waals surface area contributed by atoms with Crippen LogP contribution in [0.2, 0.25) is 5.02 Å². The van der Waals surface area contributed by atoms with Crippen LogP contribution in [0.15, 0.2) is 18.2 Å². The van der Waals surface area contributed by atoms with Gasteiger partial charge in [0, 0.05) is 42.3 Å². The summed E-state index contributed by atoms with van der Waals surface area (Å²) in [5.41, 5.74) is 7.88. The molecule has 0 atom stereocenters. The molecule has 0 unspecified atom stereocenters. The first-order valence-electron chi connectivity index (χ1n) is 7.69. The zero-order chi connectivity index (χ0) is 14.8. The summed E-state index contributed by atoms with van der Waals surface area (Å²) < 4.78 is 0. The number of piperidine rings is 1. The normalized spacial score (nSPS) is 19.8. The molecule has 0 radical (unpaired) electrons. The number of nitrogens with zero attached hydrogens (tertiary/aromatic N) is 1. The van der Waals surface area contributed by atoms with Gasteiger partial charge >= 0.3 is 0 Å². The number of amides is 1. The molecule has 3 rings (SSSR count). The molecule has 1 aliphatic heterocycles. The van der Waals surface area contributed by atoms with Gasteiger partial charge in [-0.1, -0.05) is 11.6 Å². The zero-order valence-electron chi connectivity index (χ0n) is 12.1. The summed E-state index contributed by atoms with van der Waals surface area (Å²) in [7, 11) is 0. The van der Waals surface area contributed by atoms with E-state index in [-0.39, 0.29) is 11.8 Å². The highest BCUT2D eigenvalue weighted by Crippen LogP contribution is 2.29. The van der Waals surface area contributed by atoms with Crippen LogP contribution >= 0.6 is 11.6 Å². The van der Waals surface area contributed by atoms with E-state index in [0.717, 1.165) is 37.5 Å². The fraction of sp³-hybridized carbons (Fsp3) is 0.562. The van der Waals surface area contributed by atoms with Crippen LogP contribution in [0.4, 0.5) is 5.69 Å². The Morgan fingerprint density at radius 2 is 2.00 bits per heavy atom. The van der Waals surface area contributed by atoms with E-state index in [4.69, 9.17) is 17.3 Å². The molecule has 0 spiro atoms. The minimum absolute atomic E-state index is 0.0292. The second-order valence-corrected chi connectivity index (χ2v) is 6.53. The van der Waals surface area contributed by atoms with Gasteiger partial charge in [0.25, 0.3) is 0 Å². The predicted molar refractivity (Wildman–Crippen MR) is 85.4 cm³/mol. The van der Waals surface area contributed by atoms with Crippen molar-refractivity contribution in [2.45, 2.75) is 38.3 Å². The molecule has 114 valence electrons. The predicted octanol–water partition coefficient (Wildman–Crippen LogP) is 2.29. The Kier molecular flexibility index (Phi) is 4.36. The van der Waals surface area contributed by atoms with Crippen molar-refractivity contribution in [3.63, 3.8) is 0 Å². The van der Waals surface area contributed by atoms with Gasteiger partial charge in [-0.15, -0.1) is 0 Å². The lowest BCUT2D eigenvalue weighted by atomic mass is 9.95. The SMILES string of the molecule is NC(=O)C1CCN(c2ccc(Cl)cc2CNC2CC2)CC1. The molecule has 0 aromatic heterocycles. The van der Waals surface area contributed by atoms with Crippen LogP contribution in [0.1, 0.15) is 31.2 Å². The number of benzene rings is 1. The molecule has 4 nitrogen and oxygen atoms in total. The molecule has 21 heavy (non-hydrogen) atoms. The molecule has 1 aliphatic carbocycles. The molecule has 1 saturated carbocycles. The van der Waals surface area contributed by atoms with E-state index in [1.54, 1.807) is 0 Å². The molecule has 2 aliphatic rings. The molecular weight excluding hydrogens is 286 g/mol. The molecule has 5 heteroatoms. The van der Waals surface area contributed by atoms with Gasteiger partial charge in [0.2, 0.25) is 5.91 Å². The zero-order valence-corrected chi connectivity index (χ0v) is 12.9. The number of carbonyl (C=O) groups is 1. The third-order valence-corrected chi connectivity index (χ3v) is 4.67. The Morgan fingerprint density at radius 3 is 2.62 bits per heavy atom. The molecule has 3 N–H and O–H groups in total. The number of carbonyl (C=O) groups excluding carboxylic acids is 1. The van der Waals surface area contributed by atoms with Crippen molar-refractivity contribution in [2.75, 3.05) is 18.0 Å². The maximum atomic E-state index is 11.3. The Hall–Kier alpha value is -1.26. The quantitative estimate of drug-likeness (QED) is 0.877. The Labute approximate surface area is 130 Å². The number of nitrogens with one attached hydrogen (secondary N) is 1. The van der Waals surface area contributed by atoms with Crippen LogP contribution in [-0.4, -0.2) is 25.0 Å². The van der Waals surface area contributed by atoms with E-state index in [9.17, 15) is 4.79 Å². The first kappa shape index (κ1) is 14.7. The molecular formula is C16H22ClN3O. The first-order valence-corrected chi connectivity index (χ1v) is 8.07. The van der Waals surface area contributed by atoms with Gasteiger partial charge < -0.3 is 16.0 Å². The third kappa shape index (κ3) is 3.69. The average molecular weight is 308 g/mol. The summed E-state index contributed by atoms with van der Waals surface area (Å²) in [5.74, 6) is -0.136. The maximum Gasteiger partial charge on any atom is 0.220 e. The van der Waals surface area contributed by atoms with Crippen molar-refractivity contribution in [3.8, 4) is 0 Å². The maximum absolute atomic E-state index is 11.3. The van der Waals surface area contributed by atoms with Crippen molar-refractivity contribution in [2.24, 2.45) is 11.7 Å². The van der Waals surface area contributed by atoms with Crippen molar-refractivity contribution >= 4 is 23.2 Å². The largest absolute Gasteiger partial charge is 0.371 e. The molecule has 2 fully saturated rings. The van der Waals surface area contributed by atoms with Gasteiger partial charge in [-0.05, 0) is 49.4 Å². The second-order valence-electron chi connectivity index (χ2n) is 6.09. The van der Waals surface area contributed by atoms with Crippen molar-refractivity contribution < 1.29 is 4.79 Å². The molecule has 1 heterocycles. The van der Waals surface area contributed by atoms with Crippen molar-refractivity contribution in [3.05, 3.63) is 28.8 Å². The van der Waals surface area contributed by atoms with E-state index >= 15 is 0 Å². The number of rotatable bonds is 5. The standard InChI is InChI=1S/C16H22ClN3O/c17-13-1-4-15(12(9-13)10-19-14-2-3-14)20-7-5-11(6-8-20)16(18)21/h1,4,9,11,14,19H,2-3,5-8,10H2,(H2,18,21). The number of primary amides is 1. The monoisotopic (exact) mass is 307 g/mol. The minimum Gasteiger partial charge on any atom is -0.371 e. The summed E-state index contributed by atoms with van der Waals surface area (Å²) in [6, 6.07) is 6.76. The van der Waals surface area contributed by atoms with E-state index in [1.807, 2.05) is 12.1 Å². The van der Waals surface area contributed by atoms with Crippen molar-refractivity contribution in [1.82, 2.24) is 5.32 Å². The Balaban J connectivity index is 1.70. The van der Waals surface area contributed by atoms with Gasteiger partial charge in [-0.2, -0.15) is 0 Å². The lowest BCUT2D eigenvalue weighted by Gasteiger charge is -2.33. The van der Waals surface area contributed by atoms with Crippen LogP contribution in [0.5, 0.6) is 0 Å². The summed E-state index contributed by atoms with van der Waals surface area (Å²) in [4.78, 5) is 13.6. The van der Waals surface area contributed by atoms with E-state index in [1.165, 1.54) is 24.1 Å². The van der Waals surface area contributed by atoms with Gasteiger partial charge in [-0.25, -0.2) is 0 Å². The molecule has 1 saturated heterocycles.